The molecule has 1 unspecified atom stereocenters. The molecule has 0 aliphatic heterocycles. The summed E-state index contributed by atoms with van der Waals surface area (Å²) >= 11 is 0. The summed E-state index contributed by atoms with van der Waals surface area (Å²) in [6.45, 7) is 1.13. The van der Waals surface area contributed by atoms with Crippen molar-refractivity contribution in [1.82, 2.24) is 0 Å². The molecule has 1 atom stereocenters. The molecule has 0 saturated heterocycles. The van der Waals surface area contributed by atoms with Crippen LogP contribution < -0.4 is 15.3 Å². The first-order valence-corrected chi connectivity index (χ1v) is 3.26. The number of hydrogen-bond donors (Lipinski definition) is 1. The van der Waals surface area contributed by atoms with E-state index in [1.807, 2.05) is 0 Å². The second-order valence-corrected chi connectivity index (χ2v) is 1.97. The number of hydrogen-bond acceptors (Lipinski definition) is 7. The molecular weight excluding hydrogens is 245 g/mol. The minimum absolute atomic E-state index is 0. The fraction of sp³-hybridized carbons (Fsp3) is 0.286. The Balaban J connectivity index is -0.0000000825. The molecule has 0 spiro atoms. The Morgan fingerprint density at radius 3 is 1.25 bits per heavy atom. The van der Waals surface area contributed by atoms with Gasteiger partial charge in [0.25, 0.3) is 0 Å². The molecular formula is C7H7Mg2O7+. The van der Waals surface area contributed by atoms with Crippen LogP contribution in [-0.4, -0.2) is 75.2 Å². The van der Waals surface area contributed by atoms with Gasteiger partial charge in [0, 0.05) is 0 Å². The van der Waals surface area contributed by atoms with Crippen LogP contribution in [0.5, 0.6) is 0 Å². The van der Waals surface area contributed by atoms with Crippen molar-refractivity contribution in [2.75, 3.05) is 0 Å². The van der Waals surface area contributed by atoms with Crippen molar-refractivity contribution in [3.63, 3.8) is 0 Å². The number of carboxylic acids is 3. The van der Waals surface area contributed by atoms with Gasteiger partial charge in [-0.2, -0.15) is 0 Å². The van der Waals surface area contributed by atoms with Gasteiger partial charge in [0.1, 0.15) is 0 Å². The molecule has 0 aromatic carbocycles. The fourth-order valence-corrected chi connectivity index (χ4v) is 0.136. The van der Waals surface area contributed by atoms with E-state index in [1.165, 1.54) is 0 Å². The number of carbonyl (C=O) groups excluding carboxylic acids is 3. The number of rotatable bonds is 3. The number of aliphatic carboxylic acids is 3. The van der Waals surface area contributed by atoms with E-state index in [2.05, 4.69) is 0 Å². The average Bonchev–Trinajstić information content (AvgIpc) is 2.01. The Kier molecular flexibility index (Phi) is 22.6. The number of carboxylic acid groups (broad SMARTS) is 3. The summed E-state index contributed by atoms with van der Waals surface area (Å²) in [4.78, 5) is 28.2. The topological polar surface area (TPSA) is 141 Å². The van der Waals surface area contributed by atoms with E-state index >= 15 is 0 Å². The summed E-state index contributed by atoms with van der Waals surface area (Å²) in [5.74, 6) is -4.53. The smallest absolute Gasteiger partial charge is 0.547 e. The quantitative estimate of drug-likeness (QED) is 0.389. The van der Waals surface area contributed by atoms with Crippen LogP contribution in [0, 0.1) is 0 Å². The minimum Gasteiger partial charge on any atom is -0.547 e. The van der Waals surface area contributed by atoms with E-state index in [4.69, 9.17) is 5.11 Å². The molecule has 0 rings (SSSR count). The number of aliphatic hydroxyl groups excluding tert-OH is 1. The van der Waals surface area contributed by atoms with Crippen molar-refractivity contribution in [2.24, 2.45) is 0 Å². The van der Waals surface area contributed by atoms with Gasteiger partial charge in [-0.3, -0.25) is 0 Å². The Hall–Kier alpha value is -0.358. The van der Waals surface area contributed by atoms with Crippen LogP contribution in [0.25, 0.3) is 0 Å². The summed E-state index contributed by atoms with van der Waals surface area (Å²) in [7, 11) is 0. The van der Waals surface area contributed by atoms with Crippen molar-refractivity contribution in [3.8, 4) is 0 Å². The Morgan fingerprint density at radius 1 is 1.00 bits per heavy atom. The first-order valence-electron chi connectivity index (χ1n) is 3.26. The average molecular weight is 252 g/mol. The molecule has 0 amide bonds. The molecule has 0 aliphatic rings. The Labute approximate surface area is 123 Å². The van der Waals surface area contributed by atoms with E-state index in [9.17, 15) is 29.7 Å². The maximum Gasteiger partial charge on any atom is 2.00 e. The van der Waals surface area contributed by atoms with Crippen molar-refractivity contribution < 1.29 is 34.8 Å². The molecule has 0 radical (unpaired) electrons. The van der Waals surface area contributed by atoms with Crippen molar-refractivity contribution >= 4 is 64.0 Å². The second-order valence-electron chi connectivity index (χ2n) is 1.97. The summed E-state index contributed by atoms with van der Waals surface area (Å²) in [5, 5.41) is 36.1. The zero-order valence-corrected chi connectivity index (χ0v) is 11.4. The maximum absolute atomic E-state index is 9.41. The van der Waals surface area contributed by atoms with Gasteiger partial charge in [-0.05, 0) is 19.1 Å². The molecule has 0 aliphatic carbocycles. The maximum atomic E-state index is 9.41. The van der Waals surface area contributed by atoms with E-state index in [0.29, 0.717) is 12.2 Å². The van der Waals surface area contributed by atoms with Crippen LogP contribution in [0.1, 0.15) is 6.92 Å². The number of aliphatic hydroxyl groups is 1. The third-order valence-corrected chi connectivity index (χ3v) is 0.697. The Bertz CT molecular complexity index is 233. The van der Waals surface area contributed by atoms with Gasteiger partial charge in [-0.25, -0.2) is 0 Å². The van der Waals surface area contributed by atoms with E-state index in [1.54, 1.807) is 0 Å². The molecule has 9 heteroatoms. The largest absolute Gasteiger partial charge is 2.00 e. The molecule has 0 bridgehead atoms. The van der Waals surface area contributed by atoms with Crippen LogP contribution in [0.2, 0.25) is 0 Å². The minimum atomic E-state index is -1.55. The Morgan fingerprint density at radius 2 is 1.19 bits per heavy atom. The third kappa shape index (κ3) is 29.2. The van der Waals surface area contributed by atoms with Crippen LogP contribution in [-0.2, 0) is 14.4 Å². The molecule has 0 heterocycles. The zero-order chi connectivity index (χ0) is 11.7. The molecule has 7 nitrogen and oxygen atoms in total. The van der Waals surface area contributed by atoms with Crippen LogP contribution in [0.15, 0.2) is 12.2 Å². The van der Waals surface area contributed by atoms with Gasteiger partial charge in [0.15, 0.2) is 0 Å². The number of carbonyl (C=O) groups is 3. The fourth-order valence-electron chi connectivity index (χ4n) is 0.136. The van der Waals surface area contributed by atoms with Crippen LogP contribution in [0.4, 0.5) is 0 Å². The van der Waals surface area contributed by atoms with E-state index < -0.39 is 24.0 Å². The van der Waals surface area contributed by atoms with Crippen LogP contribution in [0.3, 0.4) is 0 Å². The summed E-state index contributed by atoms with van der Waals surface area (Å²) in [6, 6.07) is 0. The van der Waals surface area contributed by atoms with Crippen molar-refractivity contribution in [2.45, 2.75) is 13.0 Å². The van der Waals surface area contributed by atoms with E-state index in [0.717, 1.165) is 6.92 Å². The molecule has 16 heavy (non-hydrogen) atoms. The summed E-state index contributed by atoms with van der Waals surface area (Å²) in [5.41, 5.74) is 0. The monoisotopic (exact) mass is 251 g/mol. The predicted octanol–water partition coefficient (Wildman–Crippen LogP) is -5.60. The van der Waals surface area contributed by atoms with Crippen molar-refractivity contribution in [1.29, 1.82) is 0 Å². The third-order valence-electron chi connectivity index (χ3n) is 0.697. The standard InChI is InChI=1S/C4H4O4.C3H6O3.2Mg/c5-3(6)1-2-4(7)8;1-2(4)3(5)6;;/h1-2H,(H,5,6)(H,7,8);2,4H,1H3,(H,5,6);;/q;;2*+2/p-3. The van der Waals surface area contributed by atoms with E-state index in [-0.39, 0.29) is 46.1 Å². The molecule has 1 N–H and O–H groups in total. The molecule has 80 valence electrons. The first kappa shape index (κ1) is 24.7. The molecule has 0 saturated carbocycles. The summed E-state index contributed by atoms with van der Waals surface area (Å²) < 4.78 is 0. The normalized spacial score (nSPS) is 9.88. The molecule has 0 aromatic heterocycles. The van der Waals surface area contributed by atoms with Gasteiger partial charge in [0.2, 0.25) is 0 Å². The van der Waals surface area contributed by atoms with Gasteiger partial charge in [-0.1, -0.05) is 0 Å². The molecule has 0 aromatic rings. The zero-order valence-electron chi connectivity index (χ0n) is 8.54. The van der Waals surface area contributed by atoms with Gasteiger partial charge in [-0.15, -0.1) is 0 Å². The molecule has 0 fully saturated rings. The van der Waals surface area contributed by atoms with Crippen molar-refractivity contribution in [3.05, 3.63) is 12.2 Å². The van der Waals surface area contributed by atoms with Gasteiger partial charge < -0.3 is 34.8 Å². The first-order chi connectivity index (χ1) is 6.27. The predicted molar refractivity (Wildman–Crippen MR) is 47.3 cm³/mol. The summed E-state index contributed by atoms with van der Waals surface area (Å²) in [6.07, 6.45) is -0.574. The second kappa shape index (κ2) is 14.6. The van der Waals surface area contributed by atoms with Gasteiger partial charge in [0.05, 0.1) is 24.0 Å². The van der Waals surface area contributed by atoms with Gasteiger partial charge >= 0.3 is 46.1 Å². The van der Waals surface area contributed by atoms with Crippen LogP contribution >= 0.6 is 0 Å². The SMILES string of the molecule is CC(O)C(=O)[O-].O=C([O-])C=CC(=O)[O-].[Mg+2].[Mg+2].